The number of alkyl halides is 3. The van der Waals surface area contributed by atoms with Gasteiger partial charge in [-0.2, -0.15) is 4.39 Å². The van der Waals surface area contributed by atoms with E-state index in [1.165, 1.54) is 24.4 Å². The fourth-order valence-electron chi connectivity index (χ4n) is 2.88. The van der Waals surface area contributed by atoms with E-state index >= 15 is 0 Å². The zero-order valence-electron chi connectivity index (χ0n) is 18.6. The first-order chi connectivity index (χ1) is 17.5. The number of benzene rings is 2. The van der Waals surface area contributed by atoms with Gasteiger partial charge in [0.25, 0.3) is 11.8 Å². The van der Waals surface area contributed by atoms with Gasteiger partial charge in [-0.1, -0.05) is 23.2 Å². The lowest BCUT2D eigenvalue weighted by Crippen LogP contribution is -2.38. The lowest BCUT2D eigenvalue weighted by Gasteiger charge is -2.26. The first-order valence-corrected chi connectivity index (χ1v) is 10.7. The highest BCUT2D eigenvalue weighted by atomic mass is 35.5. The summed E-state index contributed by atoms with van der Waals surface area (Å²) < 4.78 is 67.0. The molecule has 0 aliphatic rings. The van der Waals surface area contributed by atoms with Crippen LogP contribution in [-0.4, -0.2) is 52.0 Å². The van der Waals surface area contributed by atoms with E-state index in [2.05, 4.69) is 15.0 Å². The Kier molecular flexibility index (Phi) is 8.42. The standard InChI is InChI=1S/C21H10B3Cl2F4N3O5/c22-20(23,24)38-17-13(2-1-12(16(17)27)37-21(28,29)30)36-14-6-8(25)5-10(26)15(14)19(35)33-9-3-4-32-11(7-9)18(31)34/h1-7H,(H2,31,34)(H,32,33,35). The molecule has 6 radical (unpaired) electrons. The van der Waals surface area contributed by atoms with Crippen molar-refractivity contribution in [3.63, 3.8) is 0 Å². The number of hydrogen-bond acceptors (Lipinski definition) is 6. The number of anilines is 1. The molecule has 190 valence electrons. The number of rotatable bonds is 8. The number of aromatic nitrogens is 1. The van der Waals surface area contributed by atoms with Crippen molar-refractivity contribution >= 4 is 64.2 Å². The van der Waals surface area contributed by atoms with E-state index in [9.17, 15) is 27.2 Å². The Labute approximate surface area is 226 Å². The van der Waals surface area contributed by atoms with Crippen LogP contribution in [0.2, 0.25) is 10.0 Å². The van der Waals surface area contributed by atoms with Crippen LogP contribution in [0.15, 0.2) is 42.6 Å². The van der Waals surface area contributed by atoms with E-state index in [1.807, 2.05) is 0 Å². The monoisotopic (exact) mass is 563 g/mol. The van der Waals surface area contributed by atoms with Gasteiger partial charge in [-0.05, 0) is 35.6 Å². The molecule has 2 aromatic carbocycles. The zero-order chi connectivity index (χ0) is 28.4. The molecule has 38 heavy (non-hydrogen) atoms. The van der Waals surface area contributed by atoms with E-state index in [0.29, 0.717) is 6.07 Å². The van der Waals surface area contributed by atoms with Gasteiger partial charge in [0.1, 0.15) is 40.5 Å². The van der Waals surface area contributed by atoms with Crippen molar-refractivity contribution in [2.24, 2.45) is 5.73 Å². The van der Waals surface area contributed by atoms with Gasteiger partial charge in [0, 0.05) is 23.0 Å². The molecule has 0 aliphatic carbocycles. The smallest absolute Gasteiger partial charge is 0.510 e. The first-order valence-electron chi connectivity index (χ1n) is 9.92. The maximum absolute atomic E-state index is 14.9. The van der Waals surface area contributed by atoms with E-state index in [0.717, 1.165) is 12.1 Å². The second-order valence-electron chi connectivity index (χ2n) is 7.32. The molecule has 1 aromatic heterocycles. The number of nitrogens with two attached hydrogens (primary N) is 1. The van der Waals surface area contributed by atoms with Crippen LogP contribution in [0.3, 0.4) is 0 Å². The molecule has 0 saturated carbocycles. The van der Waals surface area contributed by atoms with Gasteiger partial charge in [-0.15, -0.1) is 13.2 Å². The molecule has 0 spiro atoms. The van der Waals surface area contributed by atoms with Crippen molar-refractivity contribution in [2.75, 3.05) is 5.32 Å². The second kappa shape index (κ2) is 11.0. The minimum atomic E-state index is -5.27. The number of ether oxygens (including phenoxy) is 3. The summed E-state index contributed by atoms with van der Waals surface area (Å²) >= 11 is 12.2. The zero-order valence-corrected chi connectivity index (χ0v) is 20.1. The molecule has 0 unspecified atom stereocenters. The van der Waals surface area contributed by atoms with Crippen molar-refractivity contribution < 1.29 is 41.4 Å². The van der Waals surface area contributed by atoms with Crippen LogP contribution in [0.5, 0.6) is 23.0 Å². The number of nitrogens with one attached hydrogen (secondary N) is 1. The maximum Gasteiger partial charge on any atom is 0.573 e. The van der Waals surface area contributed by atoms with Crippen molar-refractivity contribution in [2.45, 2.75) is 11.7 Å². The Morgan fingerprint density at radius 1 is 0.974 bits per heavy atom. The quantitative estimate of drug-likeness (QED) is 0.316. The van der Waals surface area contributed by atoms with Crippen LogP contribution in [0.1, 0.15) is 20.8 Å². The first kappa shape index (κ1) is 29.0. The Balaban J connectivity index is 2.06. The third kappa shape index (κ3) is 7.48. The van der Waals surface area contributed by atoms with Crippen molar-refractivity contribution in [1.29, 1.82) is 0 Å². The van der Waals surface area contributed by atoms with Gasteiger partial charge in [0.2, 0.25) is 5.82 Å². The molecule has 8 nitrogen and oxygen atoms in total. The summed E-state index contributed by atoms with van der Waals surface area (Å²) in [6, 6.07) is 6.13. The summed E-state index contributed by atoms with van der Waals surface area (Å²) in [7, 11) is 16.0. The Hall–Kier alpha value is -3.58. The second-order valence-corrected chi connectivity index (χ2v) is 8.16. The highest BCUT2D eigenvalue weighted by Gasteiger charge is 2.34. The van der Waals surface area contributed by atoms with Crippen LogP contribution in [-0.2, 0) is 0 Å². The molecule has 3 aromatic rings. The minimum absolute atomic E-state index is 0.0488. The number of amides is 2. The molecule has 0 saturated heterocycles. The largest absolute Gasteiger partial charge is 0.573 e. The predicted molar refractivity (Wildman–Crippen MR) is 131 cm³/mol. The van der Waals surface area contributed by atoms with E-state index < -0.39 is 52.3 Å². The lowest BCUT2D eigenvalue weighted by atomic mass is 9.52. The maximum atomic E-state index is 14.9. The molecular weight excluding hydrogens is 554 g/mol. The summed E-state index contributed by atoms with van der Waals surface area (Å²) in [5.41, 5.74) is 4.74. The summed E-state index contributed by atoms with van der Waals surface area (Å²) in [6.45, 7) is 0. The van der Waals surface area contributed by atoms with Gasteiger partial charge in [0.15, 0.2) is 17.2 Å². The number of nitrogens with zero attached hydrogens (tertiary/aromatic N) is 1. The van der Waals surface area contributed by atoms with E-state index in [-0.39, 0.29) is 27.0 Å². The number of carbonyl (C=O) groups excluding carboxylic acids is 2. The van der Waals surface area contributed by atoms with Gasteiger partial charge in [-0.3, -0.25) is 14.6 Å². The molecule has 3 N–H and O–H groups in total. The Morgan fingerprint density at radius 3 is 2.24 bits per heavy atom. The normalized spacial score (nSPS) is 11.5. The van der Waals surface area contributed by atoms with Gasteiger partial charge in [0.05, 0.1) is 5.02 Å². The van der Waals surface area contributed by atoms with E-state index in [1.54, 1.807) is 0 Å². The molecule has 0 aliphatic heterocycles. The average molecular weight is 564 g/mol. The van der Waals surface area contributed by atoms with Gasteiger partial charge in [-0.25, -0.2) is 0 Å². The molecular formula is C21H10B3Cl2F4N3O5. The molecule has 2 amide bonds. The number of pyridine rings is 1. The average Bonchev–Trinajstić information content (AvgIpc) is 2.76. The highest BCUT2D eigenvalue weighted by molar-refractivity contribution is 6.58. The van der Waals surface area contributed by atoms with Crippen LogP contribution >= 0.6 is 23.2 Å². The third-order valence-electron chi connectivity index (χ3n) is 4.27. The number of carbonyl (C=O) groups is 2. The molecule has 0 atom stereocenters. The Bertz CT molecular complexity index is 1410. The van der Waals surface area contributed by atoms with Crippen LogP contribution in [0, 0.1) is 5.82 Å². The predicted octanol–water partition coefficient (Wildman–Crippen LogP) is 4.07. The molecule has 3 rings (SSSR count). The molecule has 1 heterocycles. The molecule has 0 bridgehead atoms. The SMILES string of the molecule is [B]C([B])([B])Oc1c(Oc2cc(Cl)cc(Cl)c2C(=O)Nc2ccnc(C(N)=O)c2)ccc(OC(F)(F)F)c1F. The van der Waals surface area contributed by atoms with Crippen molar-refractivity contribution in [3.05, 3.63) is 69.7 Å². The topological polar surface area (TPSA) is 113 Å². The summed E-state index contributed by atoms with van der Waals surface area (Å²) in [5.74, 6) is -6.98. The summed E-state index contributed by atoms with van der Waals surface area (Å²) in [5, 5.41) is -0.446. The third-order valence-corrected chi connectivity index (χ3v) is 4.78. The summed E-state index contributed by atoms with van der Waals surface area (Å²) in [4.78, 5) is 28.2. The molecule has 17 heteroatoms. The van der Waals surface area contributed by atoms with Crippen LogP contribution in [0.25, 0.3) is 0 Å². The summed E-state index contributed by atoms with van der Waals surface area (Å²) in [6.07, 6.45) is -4.06. The number of halogens is 6. The van der Waals surface area contributed by atoms with Crippen molar-refractivity contribution in [3.8, 4) is 23.0 Å². The minimum Gasteiger partial charge on any atom is -0.510 e. The van der Waals surface area contributed by atoms with Crippen LogP contribution in [0.4, 0.5) is 23.2 Å². The van der Waals surface area contributed by atoms with E-state index in [4.69, 9.17) is 61.9 Å². The highest BCUT2D eigenvalue weighted by Crippen LogP contribution is 2.43. The van der Waals surface area contributed by atoms with Gasteiger partial charge < -0.3 is 25.3 Å². The number of hydrogen-bond donors (Lipinski definition) is 2. The number of primary amides is 1. The van der Waals surface area contributed by atoms with Crippen molar-refractivity contribution in [1.82, 2.24) is 4.98 Å². The Morgan fingerprint density at radius 2 is 1.63 bits per heavy atom. The van der Waals surface area contributed by atoms with Crippen LogP contribution < -0.4 is 25.3 Å². The van der Waals surface area contributed by atoms with Gasteiger partial charge >= 0.3 is 6.36 Å². The lowest BCUT2D eigenvalue weighted by molar-refractivity contribution is -0.275. The fraction of sp³-hybridized carbons (Fsp3) is 0.0952. The fourth-order valence-corrected chi connectivity index (χ4v) is 3.44. The molecule has 0 fully saturated rings.